The van der Waals surface area contributed by atoms with Crippen molar-refractivity contribution in [2.75, 3.05) is 6.54 Å². The first-order chi connectivity index (χ1) is 12.1. The predicted octanol–water partition coefficient (Wildman–Crippen LogP) is 3.85. The molecule has 0 spiro atoms. The van der Waals surface area contributed by atoms with Gasteiger partial charge < -0.3 is 9.32 Å². The Morgan fingerprint density at radius 2 is 2.20 bits per heavy atom. The van der Waals surface area contributed by atoms with Gasteiger partial charge in [0.15, 0.2) is 5.76 Å². The molecular weight excluding hydrogens is 328 g/mol. The van der Waals surface area contributed by atoms with Gasteiger partial charge in [-0.05, 0) is 12.5 Å². The third-order valence-electron chi connectivity index (χ3n) is 4.71. The first kappa shape index (κ1) is 15.8. The molecule has 1 aromatic carbocycles. The Morgan fingerprint density at radius 3 is 2.96 bits per heavy atom. The van der Waals surface area contributed by atoms with Crippen molar-refractivity contribution in [3.05, 3.63) is 52.5 Å². The number of benzene rings is 1. The molecule has 0 radical (unpaired) electrons. The number of fused-ring (bicyclic) bond motifs is 2. The Bertz CT molecular complexity index is 945. The molecule has 1 amide bonds. The van der Waals surface area contributed by atoms with Crippen molar-refractivity contribution in [2.24, 2.45) is 0 Å². The summed E-state index contributed by atoms with van der Waals surface area (Å²) < 4.78 is 32.0. The van der Waals surface area contributed by atoms with E-state index in [9.17, 15) is 13.6 Å². The number of nitrogens with zero attached hydrogens (tertiary/aromatic N) is 2. The maximum atomic E-state index is 13.1. The van der Waals surface area contributed by atoms with Crippen LogP contribution >= 0.6 is 0 Å². The van der Waals surface area contributed by atoms with E-state index in [4.69, 9.17) is 4.42 Å². The van der Waals surface area contributed by atoms with Gasteiger partial charge in [0.25, 0.3) is 12.3 Å². The standard InChI is InChI=1S/C18H17F2N3O2/c1-2-10-11-5-3-4-6-14(11)25-16(10)18(24)23-8-7-13-12(9-23)15(17(19)20)22-21-13/h3-6,17H,2,7-9H2,1H3,(H,21,22). The summed E-state index contributed by atoms with van der Waals surface area (Å²) in [6.07, 6.45) is -1.53. The first-order valence-corrected chi connectivity index (χ1v) is 8.24. The topological polar surface area (TPSA) is 62.1 Å². The van der Waals surface area contributed by atoms with E-state index >= 15 is 0 Å². The van der Waals surface area contributed by atoms with Gasteiger partial charge in [0.05, 0.1) is 0 Å². The summed E-state index contributed by atoms with van der Waals surface area (Å²) in [5.74, 6) is 0.0364. The average Bonchev–Trinajstić information content (AvgIpc) is 3.21. The third kappa shape index (κ3) is 2.50. The summed E-state index contributed by atoms with van der Waals surface area (Å²) in [5, 5.41) is 7.27. The zero-order valence-corrected chi connectivity index (χ0v) is 13.7. The van der Waals surface area contributed by atoms with Crippen molar-refractivity contribution in [3.8, 4) is 0 Å². The van der Waals surface area contributed by atoms with E-state index in [0.29, 0.717) is 42.0 Å². The SMILES string of the molecule is CCc1c(C(=O)N2CCc3[nH]nc(C(F)F)c3C2)oc2ccccc12. The van der Waals surface area contributed by atoms with Crippen LogP contribution in [-0.2, 0) is 19.4 Å². The van der Waals surface area contributed by atoms with E-state index in [-0.39, 0.29) is 18.1 Å². The number of para-hydroxylation sites is 1. The van der Waals surface area contributed by atoms with Gasteiger partial charge in [0.2, 0.25) is 0 Å². The number of hydrogen-bond acceptors (Lipinski definition) is 3. The van der Waals surface area contributed by atoms with Crippen molar-refractivity contribution in [1.29, 1.82) is 0 Å². The van der Waals surface area contributed by atoms with Gasteiger partial charge in [-0.2, -0.15) is 5.10 Å². The van der Waals surface area contributed by atoms with Crippen molar-refractivity contribution in [3.63, 3.8) is 0 Å². The number of alkyl halides is 2. The van der Waals surface area contributed by atoms with Gasteiger partial charge >= 0.3 is 0 Å². The number of halogens is 2. The smallest absolute Gasteiger partial charge is 0.290 e. The molecule has 0 atom stereocenters. The van der Waals surface area contributed by atoms with E-state index < -0.39 is 6.43 Å². The summed E-state index contributed by atoms with van der Waals surface area (Å²) >= 11 is 0. The minimum Gasteiger partial charge on any atom is -0.451 e. The molecule has 0 fully saturated rings. The fourth-order valence-corrected chi connectivity index (χ4v) is 3.44. The van der Waals surface area contributed by atoms with Crippen molar-refractivity contribution < 1.29 is 18.0 Å². The Labute approximate surface area is 142 Å². The average molecular weight is 345 g/mol. The number of aromatic nitrogens is 2. The second kappa shape index (κ2) is 5.98. The summed E-state index contributed by atoms with van der Waals surface area (Å²) in [6.45, 7) is 2.52. The lowest BCUT2D eigenvalue weighted by Gasteiger charge is -2.26. The predicted molar refractivity (Wildman–Crippen MR) is 87.6 cm³/mol. The molecule has 0 saturated heterocycles. The zero-order chi connectivity index (χ0) is 17.6. The monoisotopic (exact) mass is 345 g/mol. The highest BCUT2D eigenvalue weighted by atomic mass is 19.3. The van der Waals surface area contributed by atoms with E-state index in [1.165, 1.54) is 0 Å². The fraction of sp³-hybridized carbons (Fsp3) is 0.333. The van der Waals surface area contributed by atoms with Crippen LogP contribution in [0.4, 0.5) is 8.78 Å². The molecule has 1 N–H and O–H groups in total. The molecule has 5 nitrogen and oxygen atoms in total. The van der Waals surface area contributed by atoms with E-state index in [1.807, 2.05) is 31.2 Å². The molecule has 0 unspecified atom stereocenters. The van der Waals surface area contributed by atoms with Crippen LogP contribution in [0.2, 0.25) is 0 Å². The van der Waals surface area contributed by atoms with Gasteiger partial charge in [0.1, 0.15) is 11.3 Å². The van der Waals surface area contributed by atoms with Crippen LogP contribution in [0.15, 0.2) is 28.7 Å². The highest BCUT2D eigenvalue weighted by Crippen LogP contribution is 2.31. The number of carbonyl (C=O) groups excluding carboxylic acids is 1. The Morgan fingerprint density at radius 1 is 1.40 bits per heavy atom. The molecule has 1 aliphatic heterocycles. The maximum absolute atomic E-state index is 13.1. The lowest BCUT2D eigenvalue weighted by molar-refractivity contribution is 0.0698. The fourth-order valence-electron chi connectivity index (χ4n) is 3.44. The highest BCUT2D eigenvalue weighted by Gasteiger charge is 2.31. The molecule has 0 bridgehead atoms. The number of H-pyrrole nitrogens is 1. The van der Waals surface area contributed by atoms with Crippen LogP contribution in [-0.4, -0.2) is 27.5 Å². The molecular formula is C18H17F2N3O2. The Balaban J connectivity index is 1.69. The quantitative estimate of drug-likeness (QED) is 0.784. The van der Waals surface area contributed by atoms with Gasteiger partial charge in [-0.15, -0.1) is 0 Å². The minimum absolute atomic E-state index is 0.116. The van der Waals surface area contributed by atoms with Crippen molar-refractivity contribution >= 4 is 16.9 Å². The summed E-state index contributed by atoms with van der Waals surface area (Å²) in [4.78, 5) is 14.5. The van der Waals surface area contributed by atoms with Crippen LogP contribution in [0.1, 0.15) is 46.4 Å². The van der Waals surface area contributed by atoms with Gasteiger partial charge in [-0.25, -0.2) is 8.78 Å². The minimum atomic E-state index is -2.66. The molecule has 3 aromatic rings. The zero-order valence-electron chi connectivity index (χ0n) is 13.7. The molecule has 0 saturated carbocycles. The summed E-state index contributed by atoms with van der Waals surface area (Å²) in [6, 6.07) is 7.50. The number of nitrogens with one attached hydrogen (secondary N) is 1. The molecule has 130 valence electrons. The lowest BCUT2D eigenvalue weighted by atomic mass is 10.0. The molecule has 25 heavy (non-hydrogen) atoms. The normalized spacial score (nSPS) is 14.3. The number of hydrogen-bond donors (Lipinski definition) is 1. The van der Waals surface area contributed by atoms with Crippen molar-refractivity contribution in [2.45, 2.75) is 32.7 Å². The summed E-state index contributed by atoms with van der Waals surface area (Å²) in [5.41, 5.74) is 2.35. The van der Waals surface area contributed by atoms with Gasteiger partial charge in [0, 0.05) is 41.7 Å². The van der Waals surface area contributed by atoms with E-state index in [0.717, 1.165) is 10.9 Å². The second-order valence-electron chi connectivity index (χ2n) is 6.10. The number of furan rings is 1. The maximum Gasteiger partial charge on any atom is 0.290 e. The third-order valence-corrected chi connectivity index (χ3v) is 4.71. The van der Waals surface area contributed by atoms with Crippen molar-refractivity contribution in [1.82, 2.24) is 15.1 Å². The highest BCUT2D eigenvalue weighted by molar-refractivity contribution is 5.99. The number of rotatable bonds is 3. The van der Waals surface area contributed by atoms with Crippen LogP contribution in [0.5, 0.6) is 0 Å². The van der Waals surface area contributed by atoms with Crippen LogP contribution in [0, 0.1) is 0 Å². The molecule has 3 heterocycles. The van der Waals surface area contributed by atoms with Crippen LogP contribution in [0.3, 0.4) is 0 Å². The Kier molecular flexibility index (Phi) is 3.78. The summed E-state index contributed by atoms with van der Waals surface area (Å²) in [7, 11) is 0. The Hall–Kier alpha value is -2.70. The largest absolute Gasteiger partial charge is 0.451 e. The number of amides is 1. The van der Waals surface area contributed by atoms with E-state index in [1.54, 1.807) is 4.90 Å². The number of aryl methyl sites for hydroxylation is 1. The molecule has 7 heteroatoms. The van der Waals surface area contributed by atoms with E-state index in [2.05, 4.69) is 10.2 Å². The second-order valence-corrected chi connectivity index (χ2v) is 6.10. The van der Waals surface area contributed by atoms with Crippen LogP contribution in [0.25, 0.3) is 11.0 Å². The number of carbonyl (C=O) groups is 1. The molecule has 1 aliphatic rings. The van der Waals surface area contributed by atoms with Gasteiger partial charge in [-0.1, -0.05) is 25.1 Å². The molecule has 4 rings (SSSR count). The first-order valence-electron chi connectivity index (χ1n) is 8.24. The van der Waals surface area contributed by atoms with Gasteiger partial charge in [-0.3, -0.25) is 9.89 Å². The molecule has 2 aromatic heterocycles. The van der Waals surface area contributed by atoms with Crippen LogP contribution < -0.4 is 0 Å². The number of aromatic amines is 1. The lowest BCUT2D eigenvalue weighted by Crippen LogP contribution is -2.36. The molecule has 0 aliphatic carbocycles.